The summed E-state index contributed by atoms with van der Waals surface area (Å²) in [5.41, 5.74) is 2.64. The zero-order valence-corrected chi connectivity index (χ0v) is 12.7. The Balaban J connectivity index is 2.13. The van der Waals surface area contributed by atoms with E-state index in [1.54, 1.807) is 7.11 Å². The summed E-state index contributed by atoms with van der Waals surface area (Å²) in [5, 5.41) is 3.67. The molecular formula is C17H27NO. The molecule has 0 heterocycles. The molecule has 1 N–H and O–H groups in total. The molecule has 106 valence electrons. The minimum absolute atomic E-state index is 0.563. The molecule has 1 saturated carbocycles. The van der Waals surface area contributed by atoms with Crippen LogP contribution in [0.2, 0.25) is 0 Å². The lowest BCUT2D eigenvalue weighted by Crippen LogP contribution is -2.37. The number of methoxy groups -OCH3 is 1. The highest BCUT2D eigenvalue weighted by Gasteiger charge is 2.33. The average Bonchev–Trinajstić information content (AvgIpc) is 3.22. The SMILES string of the molecule is CCNC(Cc1cc(C)ccc1OC)C(C)C1CC1. The van der Waals surface area contributed by atoms with Crippen LogP contribution >= 0.6 is 0 Å². The summed E-state index contributed by atoms with van der Waals surface area (Å²) in [6.07, 6.45) is 3.89. The second kappa shape index (κ2) is 6.42. The summed E-state index contributed by atoms with van der Waals surface area (Å²) < 4.78 is 5.51. The van der Waals surface area contributed by atoms with Crippen molar-refractivity contribution >= 4 is 0 Å². The third-order valence-corrected chi connectivity index (χ3v) is 4.34. The number of likely N-dealkylation sites (N-methyl/N-ethyl adjacent to an activating group) is 1. The van der Waals surface area contributed by atoms with Gasteiger partial charge in [0.2, 0.25) is 0 Å². The van der Waals surface area contributed by atoms with Gasteiger partial charge in [0.15, 0.2) is 0 Å². The van der Waals surface area contributed by atoms with Gasteiger partial charge in [-0.15, -0.1) is 0 Å². The van der Waals surface area contributed by atoms with Crippen LogP contribution in [0, 0.1) is 18.8 Å². The monoisotopic (exact) mass is 261 g/mol. The summed E-state index contributed by atoms with van der Waals surface area (Å²) in [5.74, 6) is 2.71. The largest absolute Gasteiger partial charge is 0.496 e. The number of rotatable bonds is 7. The molecule has 0 saturated heterocycles. The van der Waals surface area contributed by atoms with E-state index < -0.39 is 0 Å². The van der Waals surface area contributed by atoms with Gasteiger partial charge in [-0.1, -0.05) is 31.5 Å². The molecule has 1 aliphatic rings. The first-order chi connectivity index (χ1) is 9.15. The van der Waals surface area contributed by atoms with Crippen LogP contribution in [-0.2, 0) is 6.42 Å². The zero-order valence-electron chi connectivity index (χ0n) is 12.7. The Kier molecular flexibility index (Phi) is 4.87. The highest BCUT2D eigenvalue weighted by atomic mass is 16.5. The van der Waals surface area contributed by atoms with Gasteiger partial charge in [-0.25, -0.2) is 0 Å². The van der Waals surface area contributed by atoms with Gasteiger partial charge in [-0.05, 0) is 56.2 Å². The average molecular weight is 261 g/mol. The summed E-state index contributed by atoms with van der Waals surface area (Å²) in [4.78, 5) is 0. The van der Waals surface area contributed by atoms with Gasteiger partial charge in [0, 0.05) is 6.04 Å². The van der Waals surface area contributed by atoms with Crippen LogP contribution < -0.4 is 10.1 Å². The Morgan fingerprint density at radius 3 is 2.68 bits per heavy atom. The van der Waals surface area contributed by atoms with Crippen molar-refractivity contribution < 1.29 is 4.74 Å². The molecule has 0 bridgehead atoms. The fraction of sp³-hybridized carbons (Fsp3) is 0.647. The first-order valence-electron chi connectivity index (χ1n) is 7.52. The fourth-order valence-corrected chi connectivity index (χ4v) is 2.96. The van der Waals surface area contributed by atoms with Gasteiger partial charge in [0.25, 0.3) is 0 Å². The van der Waals surface area contributed by atoms with Crippen molar-refractivity contribution in [1.82, 2.24) is 5.32 Å². The Morgan fingerprint density at radius 1 is 1.37 bits per heavy atom. The predicted octanol–water partition coefficient (Wildman–Crippen LogP) is 3.57. The Labute approximate surface area is 117 Å². The summed E-state index contributed by atoms with van der Waals surface area (Å²) in [7, 11) is 1.76. The van der Waals surface area contributed by atoms with Gasteiger partial charge >= 0.3 is 0 Å². The second-order valence-corrected chi connectivity index (χ2v) is 5.88. The quantitative estimate of drug-likeness (QED) is 0.810. The van der Waals surface area contributed by atoms with Crippen LogP contribution in [0.1, 0.15) is 37.8 Å². The van der Waals surface area contributed by atoms with Crippen molar-refractivity contribution in [2.75, 3.05) is 13.7 Å². The maximum atomic E-state index is 5.51. The van der Waals surface area contributed by atoms with Crippen LogP contribution in [0.3, 0.4) is 0 Å². The van der Waals surface area contributed by atoms with E-state index in [0.717, 1.165) is 30.6 Å². The molecule has 1 aromatic rings. The van der Waals surface area contributed by atoms with Crippen LogP contribution in [-0.4, -0.2) is 19.7 Å². The number of nitrogens with one attached hydrogen (secondary N) is 1. The molecule has 0 aromatic heterocycles. The lowest BCUT2D eigenvalue weighted by Gasteiger charge is -2.26. The lowest BCUT2D eigenvalue weighted by molar-refractivity contribution is 0.338. The molecule has 1 aliphatic carbocycles. The molecule has 0 aliphatic heterocycles. The van der Waals surface area contributed by atoms with E-state index in [1.165, 1.54) is 24.0 Å². The molecule has 1 fully saturated rings. The van der Waals surface area contributed by atoms with Crippen LogP contribution in [0.4, 0.5) is 0 Å². The van der Waals surface area contributed by atoms with Crippen molar-refractivity contribution in [3.8, 4) is 5.75 Å². The molecule has 2 nitrogen and oxygen atoms in total. The molecule has 2 unspecified atom stereocenters. The van der Waals surface area contributed by atoms with E-state index >= 15 is 0 Å². The van der Waals surface area contributed by atoms with Crippen LogP contribution in [0.15, 0.2) is 18.2 Å². The van der Waals surface area contributed by atoms with Gasteiger partial charge in [0.05, 0.1) is 7.11 Å². The van der Waals surface area contributed by atoms with E-state index in [-0.39, 0.29) is 0 Å². The van der Waals surface area contributed by atoms with E-state index in [1.807, 2.05) is 0 Å². The van der Waals surface area contributed by atoms with Gasteiger partial charge in [0.1, 0.15) is 5.75 Å². The first-order valence-corrected chi connectivity index (χ1v) is 7.52. The standard InChI is InChI=1S/C17H27NO/c1-5-18-16(13(3)14-7-8-14)11-15-10-12(2)6-9-17(15)19-4/h6,9-10,13-14,16,18H,5,7-8,11H2,1-4H3. The Hall–Kier alpha value is -1.02. The van der Waals surface area contributed by atoms with Crippen molar-refractivity contribution in [2.45, 2.75) is 46.1 Å². The Morgan fingerprint density at radius 2 is 2.11 bits per heavy atom. The number of ether oxygens (including phenoxy) is 1. The van der Waals surface area contributed by atoms with Crippen molar-refractivity contribution in [2.24, 2.45) is 11.8 Å². The topological polar surface area (TPSA) is 21.3 Å². The third-order valence-electron chi connectivity index (χ3n) is 4.34. The number of aryl methyl sites for hydroxylation is 1. The predicted molar refractivity (Wildman–Crippen MR) is 80.8 cm³/mol. The lowest BCUT2D eigenvalue weighted by atomic mass is 9.90. The molecular weight excluding hydrogens is 234 g/mol. The summed E-state index contributed by atoms with van der Waals surface area (Å²) >= 11 is 0. The fourth-order valence-electron chi connectivity index (χ4n) is 2.96. The number of benzene rings is 1. The molecule has 2 heteroatoms. The molecule has 2 rings (SSSR count). The smallest absolute Gasteiger partial charge is 0.122 e. The molecule has 1 aromatic carbocycles. The maximum Gasteiger partial charge on any atom is 0.122 e. The molecule has 19 heavy (non-hydrogen) atoms. The normalized spacial score (nSPS) is 18.1. The highest BCUT2D eigenvalue weighted by Crippen LogP contribution is 2.39. The minimum atomic E-state index is 0.563. The molecule has 0 spiro atoms. The van der Waals surface area contributed by atoms with E-state index in [0.29, 0.717) is 6.04 Å². The van der Waals surface area contributed by atoms with Crippen LogP contribution in [0.5, 0.6) is 5.75 Å². The molecule has 2 atom stereocenters. The minimum Gasteiger partial charge on any atom is -0.496 e. The highest BCUT2D eigenvalue weighted by molar-refractivity contribution is 5.37. The number of hydrogen-bond acceptors (Lipinski definition) is 2. The van der Waals surface area contributed by atoms with E-state index in [4.69, 9.17) is 4.74 Å². The van der Waals surface area contributed by atoms with Crippen molar-refractivity contribution in [1.29, 1.82) is 0 Å². The van der Waals surface area contributed by atoms with E-state index in [9.17, 15) is 0 Å². The number of hydrogen-bond donors (Lipinski definition) is 1. The summed E-state index contributed by atoms with van der Waals surface area (Å²) in [6.45, 7) is 7.78. The third kappa shape index (κ3) is 3.73. The Bertz CT molecular complexity index is 412. The zero-order chi connectivity index (χ0) is 13.8. The van der Waals surface area contributed by atoms with Crippen molar-refractivity contribution in [3.63, 3.8) is 0 Å². The van der Waals surface area contributed by atoms with Gasteiger partial charge < -0.3 is 10.1 Å². The second-order valence-electron chi connectivity index (χ2n) is 5.88. The van der Waals surface area contributed by atoms with E-state index in [2.05, 4.69) is 44.3 Å². The van der Waals surface area contributed by atoms with Gasteiger partial charge in [-0.3, -0.25) is 0 Å². The van der Waals surface area contributed by atoms with Crippen molar-refractivity contribution in [3.05, 3.63) is 29.3 Å². The first kappa shape index (κ1) is 14.4. The maximum absolute atomic E-state index is 5.51. The molecule has 0 amide bonds. The van der Waals surface area contributed by atoms with Gasteiger partial charge in [-0.2, -0.15) is 0 Å². The molecule has 0 radical (unpaired) electrons. The summed E-state index contributed by atoms with van der Waals surface area (Å²) in [6, 6.07) is 7.04. The van der Waals surface area contributed by atoms with Crippen LogP contribution in [0.25, 0.3) is 0 Å².